The maximum absolute atomic E-state index is 12.0. The summed E-state index contributed by atoms with van der Waals surface area (Å²) in [5.74, 6) is 1.28. The standard InChI is InChI=1S/C11H12F3NO3/c12-11(13,14)1-2-16-8-4-10-9(17-6-18-10)3-7(8)5-15/h3-4H,1-2,5-6,15H2. The molecule has 1 aromatic carbocycles. The van der Waals surface area contributed by atoms with E-state index in [2.05, 4.69) is 0 Å². The molecule has 1 heterocycles. The van der Waals surface area contributed by atoms with Crippen molar-refractivity contribution in [2.75, 3.05) is 13.4 Å². The lowest BCUT2D eigenvalue weighted by molar-refractivity contribution is -0.139. The van der Waals surface area contributed by atoms with Gasteiger partial charge in [-0.05, 0) is 6.07 Å². The van der Waals surface area contributed by atoms with Gasteiger partial charge >= 0.3 is 6.18 Å². The van der Waals surface area contributed by atoms with Crippen LogP contribution in [-0.4, -0.2) is 19.6 Å². The predicted octanol–water partition coefficient (Wildman–Crippen LogP) is 2.21. The molecule has 0 amide bonds. The predicted molar refractivity (Wildman–Crippen MR) is 56.6 cm³/mol. The third-order valence-electron chi connectivity index (χ3n) is 2.42. The van der Waals surface area contributed by atoms with Crippen molar-refractivity contribution in [3.8, 4) is 17.2 Å². The molecule has 100 valence electrons. The zero-order chi connectivity index (χ0) is 13.2. The summed E-state index contributed by atoms with van der Waals surface area (Å²) in [6.07, 6.45) is -5.25. The van der Waals surface area contributed by atoms with E-state index in [9.17, 15) is 13.2 Å². The first-order valence-electron chi connectivity index (χ1n) is 5.32. The van der Waals surface area contributed by atoms with Crippen molar-refractivity contribution in [2.45, 2.75) is 19.1 Å². The lowest BCUT2D eigenvalue weighted by Crippen LogP contribution is -2.14. The van der Waals surface area contributed by atoms with E-state index in [1.54, 1.807) is 6.07 Å². The van der Waals surface area contributed by atoms with Gasteiger partial charge in [0.05, 0.1) is 13.0 Å². The van der Waals surface area contributed by atoms with Crippen molar-refractivity contribution < 1.29 is 27.4 Å². The lowest BCUT2D eigenvalue weighted by atomic mass is 10.2. The van der Waals surface area contributed by atoms with Gasteiger partial charge in [-0.3, -0.25) is 0 Å². The van der Waals surface area contributed by atoms with Crippen LogP contribution in [0.2, 0.25) is 0 Å². The molecule has 1 aliphatic heterocycles. The van der Waals surface area contributed by atoms with Gasteiger partial charge in [0, 0.05) is 18.2 Å². The highest BCUT2D eigenvalue weighted by atomic mass is 19.4. The van der Waals surface area contributed by atoms with Gasteiger partial charge in [-0.25, -0.2) is 0 Å². The molecule has 0 fully saturated rings. The van der Waals surface area contributed by atoms with Crippen LogP contribution in [0.15, 0.2) is 12.1 Å². The lowest BCUT2D eigenvalue weighted by Gasteiger charge is -2.12. The van der Waals surface area contributed by atoms with Crippen LogP contribution >= 0.6 is 0 Å². The molecule has 1 aliphatic rings. The largest absolute Gasteiger partial charge is 0.493 e. The summed E-state index contributed by atoms with van der Waals surface area (Å²) in [6, 6.07) is 3.12. The number of rotatable bonds is 4. The average Bonchev–Trinajstić information content (AvgIpc) is 2.73. The van der Waals surface area contributed by atoms with E-state index >= 15 is 0 Å². The topological polar surface area (TPSA) is 53.7 Å². The molecule has 0 unspecified atom stereocenters. The number of nitrogens with two attached hydrogens (primary N) is 1. The van der Waals surface area contributed by atoms with E-state index in [0.29, 0.717) is 22.8 Å². The number of ether oxygens (including phenoxy) is 3. The summed E-state index contributed by atoms with van der Waals surface area (Å²) >= 11 is 0. The smallest absolute Gasteiger partial charge is 0.392 e. The van der Waals surface area contributed by atoms with Crippen LogP contribution in [-0.2, 0) is 6.54 Å². The fourth-order valence-corrected chi connectivity index (χ4v) is 1.54. The van der Waals surface area contributed by atoms with Crippen molar-refractivity contribution in [3.05, 3.63) is 17.7 Å². The van der Waals surface area contributed by atoms with Gasteiger partial charge in [0.15, 0.2) is 11.5 Å². The summed E-state index contributed by atoms with van der Waals surface area (Å²) < 4.78 is 51.4. The second-order valence-corrected chi connectivity index (χ2v) is 3.73. The first kappa shape index (κ1) is 12.8. The van der Waals surface area contributed by atoms with Gasteiger partial charge in [-0.2, -0.15) is 13.2 Å². The minimum atomic E-state index is -4.24. The van der Waals surface area contributed by atoms with Crippen molar-refractivity contribution >= 4 is 0 Å². The maximum Gasteiger partial charge on any atom is 0.392 e. The minimum Gasteiger partial charge on any atom is -0.493 e. The van der Waals surface area contributed by atoms with Crippen molar-refractivity contribution in [3.63, 3.8) is 0 Å². The number of benzene rings is 1. The summed E-state index contributed by atoms with van der Waals surface area (Å²) in [5.41, 5.74) is 6.09. The van der Waals surface area contributed by atoms with E-state index in [0.717, 1.165) is 0 Å². The number of hydrogen-bond acceptors (Lipinski definition) is 4. The molecule has 0 spiro atoms. The summed E-state index contributed by atoms with van der Waals surface area (Å²) in [5, 5.41) is 0. The molecule has 2 rings (SSSR count). The van der Waals surface area contributed by atoms with Gasteiger partial charge in [0.1, 0.15) is 5.75 Å². The van der Waals surface area contributed by atoms with Crippen LogP contribution in [0.3, 0.4) is 0 Å². The Morgan fingerprint density at radius 1 is 1.22 bits per heavy atom. The van der Waals surface area contributed by atoms with Gasteiger partial charge in [-0.1, -0.05) is 0 Å². The Morgan fingerprint density at radius 3 is 2.50 bits per heavy atom. The van der Waals surface area contributed by atoms with Crippen molar-refractivity contribution in [1.29, 1.82) is 0 Å². The number of halogens is 3. The van der Waals surface area contributed by atoms with Crippen LogP contribution in [0.4, 0.5) is 13.2 Å². The Labute approximate surface area is 101 Å². The molecular weight excluding hydrogens is 251 g/mol. The SMILES string of the molecule is NCc1cc2c(cc1OCCC(F)(F)F)OCO2. The molecule has 0 aromatic heterocycles. The Bertz CT molecular complexity index is 434. The molecule has 2 N–H and O–H groups in total. The molecule has 0 bridgehead atoms. The Hall–Kier alpha value is -1.63. The summed E-state index contributed by atoms with van der Waals surface area (Å²) in [6.45, 7) is -0.209. The highest BCUT2D eigenvalue weighted by molar-refractivity contribution is 5.51. The molecule has 0 saturated heterocycles. The Morgan fingerprint density at radius 2 is 1.89 bits per heavy atom. The van der Waals surface area contributed by atoms with Crippen molar-refractivity contribution in [1.82, 2.24) is 0 Å². The Kier molecular flexibility index (Phi) is 3.51. The molecule has 1 aromatic rings. The minimum absolute atomic E-state index is 0.0886. The van der Waals surface area contributed by atoms with Crippen LogP contribution in [0.1, 0.15) is 12.0 Å². The van der Waals surface area contributed by atoms with Crippen LogP contribution < -0.4 is 19.9 Å². The molecule has 4 nitrogen and oxygen atoms in total. The molecule has 0 atom stereocenters. The number of hydrogen-bond donors (Lipinski definition) is 1. The number of fused-ring (bicyclic) bond motifs is 1. The molecule has 18 heavy (non-hydrogen) atoms. The fourth-order valence-electron chi connectivity index (χ4n) is 1.54. The first-order valence-corrected chi connectivity index (χ1v) is 5.32. The molecule has 7 heteroatoms. The van der Waals surface area contributed by atoms with Gasteiger partial charge in [0.25, 0.3) is 0 Å². The van der Waals surface area contributed by atoms with Gasteiger partial charge < -0.3 is 19.9 Å². The van der Waals surface area contributed by atoms with Gasteiger partial charge in [0.2, 0.25) is 6.79 Å². The molecule has 0 radical (unpaired) electrons. The van der Waals surface area contributed by atoms with E-state index in [-0.39, 0.29) is 13.3 Å². The third kappa shape index (κ3) is 2.98. The van der Waals surface area contributed by atoms with E-state index in [1.807, 2.05) is 0 Å². The van der Waals surface area contributed by atoms with E-state index < -0.39 is 19.2 Å². The monoisotopic (exact) mass is 263 g/mol. The third-order valence-corrected chi connectivity index (χ3v) is 2.42. The van der Waals surface area contributed by atoms with Gasteiger partial charge in [-0.15, -0.1) is 0 Å². The van der Waals surface area contributed by atoms with Crippen molar-refractivity contribution in [2.24, 2.45) is 5.73 Å². The molecular formula is C11H12F3NO3. The maximum atomic E-state index is 12.0. The fraction of sp³-hybridized carbons (Fsp3) is 0.455. The Balaban J connectivity index is 2.07. The zero-order valence-corrected chi connectivity index (χ0v) is 9.42. The summed E-state index contributed by atoms with van der Waals surface area (Å²) in [4.78, 5) is 0. The normalized spacial score (nSPS) is 13.8. The second-order valence-electron chi connectivity index (χ2n) is 3.73. The highest BCUT2D eigenvalue weighted by Crippen LogP contribution is 2.38. The quantitative estimate of drug-likeness (QED) is 0.904. The average molecular weight is 263 g/mol. The van der Waals surface area contributed by atoms with E-state index in [4.69, 9.17) is 19.9 Å². The van der Waals surface area contributed by atoms with E-state index in [1.165, 1.54) is 6.07 Å². The zero-order valence-electron chi connectivity index (χ0n) is 9.42. The molecule has 0 saturated carbocycles. The number of alkyl halides is 3. The van der Waals surface area contributed by atoms with Crippen LogP contribution in [0, 0.1) is 0 Å². The molecule has 0 aliphatic carbocycles. The second kappa shape index (κ2) is 4.93. The van der Waals surface area contributed by atoms with Crippen LogP contribution in [0.5, 0.6) is 17.2 Å². The first-order chi connectivity index (χ1) is 8.49. The highest BCUT2D eigenvalue weighted by Gasteiger charge is 2.27. The van der Waals surface area contributed by atoms with Crippen LogP contribution in [0.25, 0.3) is 0 Å². The summed E-state index contributed by atoms with van der Waals surface area (Å²) in [7, 11) is 0.